The molecule has 0 aliphatic carbocycles. The Balaban J connectivity index is 2.05. The van der Waals surface area contributed by atoms with Crippen LogP contribution in [0.2, 0.25) is 0 Å². The minimum atomic E-state index is 0.426. The van der Waals surface area contributed by atoms with Crippen LogP contribution >= 0.6 is 0 Å². The van der Waals surface area contributed by atoms with Gasteiger partial charge in [0.2, 0.25) is 5.95 Å². The van der Waals surface area contributed by atoms with E-state index in [9.17, 15) is 0 Å². The van der Waals surface area contributed by atoms with Crippen molar-refractivity contribution < 1.29 is 0 Å². The molecule has 1 aromatic rings. The van der Waals surface area contributed by atoms with Gasteiger partial charge in [-0.25, -0.2) is 4.68 Å². The first-order chi connectivity index (χ1) is 8.18. The van der Waals surface area contributed by atoms with Crippen LogP contribution in [-0.2, 0) is 7.05 Å². The summed E-state index contributed by atoms with van der Waals surface area (Å²) in [5, 5.41) is 15.2. The molecule has 6 heteroatoms. The lowest BCUT2D eigenvalue weighted by Crippen LogP contribution is -2.40. The summed E-state index contributed by atoms with van der Waals surface area (Å²) < 4.78 is 1.75. The molecule has 0 radical (unpaired) electrons. The average Bonchev–Trinajstić information content (AvgIpc) is 2.73. The molecule has 0 spiro atoms. The molecule has 1 saturated heterocycles. The van der Waals surface area contributed by atoms with Crippen molar-refractivity contribution in [1.29, 1.82) is 0 Å². The first-order valence-corrected chi connectivity index (χ1v) is 6.38. The molecule has 0 amide bonds. The molecule has 6 nitrogen and oxygen atoms in total. The van der Waals surface area contributed by atoms with Crippen molar-refractivity contribution in [2.75, 3.05) is 24.5 Å². The van der Waals surface area contributed by atoms with Crippen molar-refractivity contribution in [3.8, 4) is 0 Å². The molecule has 2 rings (SSSR count). The molecular weight excluding hydrogens is 216 g/mol. The van der Waals surface area contributed by atoms with Gasteiger partial charge in [-0.1, -0.05) is 5.10 Å². The van der Waals surface area contributed by atoms with Gasteiger partial charge in [-0.05, 0) is 56.1 Å². The number of piperidine rings is 1. The third-order valence-electron chi connectivity index (χ3n) is 3.39. The van der Waals surface area contributed by atoms with Gasteiger partial charge in [-0.3, -0.25) is 0 Å². The van der Waals surface area contributed by atoms with Crippen molar-refractivity contribution in [3.63, 3.8) is 0 Å². The van der Waals surface area contributed by atoms with E-state index in [-0.39, 0.29) is 0 Å². The Labute approximate surface area is 102 Å². The standard InChI is InChI=1S/C11H22N6/c1-9(2)17(11-13-14-15-16(11)3)8-10-4-6-12-7-5-10/h9-10,12H,4-8H2,1-3H3. The van der Waals surface area contributed by atoms with Crippen LogP contribution < -0.4 is 10.2 Å². The highest BCUT2D eigenvalue weighted by atomic mass is 15.6. The van der Waals surface area contributed by atoms with E-state index in [0.717, 1.165) is 31.5 Å². The van der Waals surface area contributed by atoms with Crippen molar-refractivity contribution >= 4 is 5.95 Å². The van der Waals surface area contributed by atoms with Crippen LogP contribution in [0.4, 0.5) is 5.95 Å². The van der Waals surface area contributed by atoms with Gasteiger partial charge < -0.3 is 10.2 Å². The molecule has 0 atom stereocenters. The second-order valence-electron chi connectivity index (χ2n) is 5.04. The highest BCUT2D eigenvalue weighted by Gasteiger charge is 2.22. The SMILES string of the molecule is CC(C)N(CC1CCNCC1)c1nnnn1C. The average molecular weight is 238 g/mol. The van der Waals surface area contributed by atoms with Crippen molar-refractivity contribution in [2.24, 2.45) is 13.0 Å². The van der Waals surface area contributed by atoms with Crippen molar-refractivity contribution in [1.82, 2.24) is 25.5 Å². The van der Waals surface area contributed by atoms with Crippen LogP contribution in [0.1, 0.15) is 26.7 Å². The first kappa shape index (κ1) is 12.3. The third kappa shape index (κ3) is 2.94. The maximum atomic E-state index is 4.12. The van der Waals surface area contributed by atoms with Crippen LogP contribution in [0.5, 0.6) is 0 Å². The van der Waals surface area contributed by atoms with E-state index >= 15 is 0 Å². The highest BCUT2D eigenvalue weighted by molar-refractivity contribution is 5.29. The summed E-state index contributed by atoms with van der Waals surface area (Å²) >= 11 is 0. The van der Waals surface area contributed by atoms with Crippen LogP contribution in [0.15, 0.2) is 0 Å². The summed E-state index contributed by atoms with van der Waals surface area (Å²) in [7, 11) is 1.90. The minimum absolute atomic E-state index is 0.426. The first-order valence-electron chi connectivity index (χ1n) is 6.38. The molecule has 96 valence electrons. The molecule has 17 heavy (non-hydrogen) atoms. The van der Waals surface area contributed by atoms with Crippen LogP contribution in [0, 0.1) is 5.92 Å². The van der Waals surface area contributed by atoms with Gasteiger partial charge >= 0.3 is 0 Å². The van der Waals surface area contributed by atoms with Gasteiger partial charge in [0.05, 0.1) is 0 Å². The predicted octanol–water partition coefficient (Wildman–Crippen LogP) is 0.424. The normalized spacial score (nSPS) is 17.6. The molecule has 0 saturated carbocycles. The van der Waals surface area contributed by atoms with Crippen LogP contribution in [0.3, 0.4) is 0 Å². The number of aromatic nitrogens is 4. The second-order valence-corrected chi connectivity index (χ2v) is 5.04. The summed E-state index contributed by atoms with van der Waals surface area (Å²) in [5.41, 5.74) is 0. The molecule has 1 aromatic heterocycles. The summed E-state index contributed by atoms with van der Waals surface area (Å²) in [4.78, 5) is 2.30. The number of aryl methyl sites for hydroxylation is 1. The summed E-state index contributed by atoms with van der Waals surface area (Å²) in [6.45, 7) is 7.69. The predicted molar refractivity (Wildman–Crippen MR) is 66.9 cm³/mol. The van der Waals surface area contributed by atoms with Crippen molar-refractivity contribution in [3.05, 3.63) is 0 Å². The number of hydrogen-bond acceptors (Lipinski definition) is 5. The summed E-state index contributed by atoms with van der Waals surface area (Å²) in [6, 6.07) is 0.426. The molecule has 1 aliphatic rings. The van der Waals surface area contributed by atoms with Gasteiger partial charge in [-0.15, -0.1) is 0 Å². The lowest BCUT2D eigenvalue weighted by Gasteiger charge is -2.32. The quantitative estimate of drug-likeness (QED) is 0.824. The zero-order valence-corrected chi connectivity index (χ0v) is 10.9. The Hall–Kier alpha value is -1.17. The third-order valence-corrected chi connectivity index (χ3v) is 3.39. The highest BCUT2D eigenvalue weighted by Crippen LogP contribution is 2.19. The summed E-state index contributed by atoms with van der Waals surface area (Å²) in [5.74, 6) is 1.62. The Bertz CT molecular complexity index is 341. The van der Waals surface area contributed by atoms with Gasteiger partial charge in [0, 0.05) is 19.6 Å². The van der Waals surface area contributed by atoms with Gasteiger partial charge in [0.1, 0.15) is 0 Å². The molecule has 0 bridgehead atoms. The van der Waals surface area contributed by atoms with Crippen molar-refractivity contribution in [2.45, 2.75) is 32.7 Å². The topological polar surface area (TPSA) is 58.9 Å². The molecule has 0 aromatic carbocycles. The number of hydrogen-bond donors (Lipinski definition) is 1. The van der Waals surface area contributed by atoms with Gasteiger partial charge in [0.25, 0.3) is 0 Å². The van der Waals surface area contributed by atoms with E-state index in [1.165, 1.54) is 12.8 Å². The van der Waals surface area contributed by atoms with E-state index in [0.29, 0.717) is 6.04 Å². The van der Waals surface area contributed by atoms with E-state index in [2.05, 4.69) is 39.6 Å². The van der Waals surface area contributed by atoms with Gasteiger partial charge in [-0.2, -0.15) is 0 Å². The lowest BCUT2D eigenvalue weighted by molar-refractivity contribution is 0.365. The zero-order valence-electron chi connectivity index (χ0n) is 10.9. The van der Waals surface area contributed by atoms with E-state index in [1.807, 2.05) is 7.05 Å². The van der Waals surface area contributed by atoms with Crippen LogP contribution in [-0.4, -0.2) is 45.9 Å². The molecular formula is C11H22N6. The Kier molecular flexibility index (Phi) is 3.93. The number of anilines is 1. The van der Waals surface area contributed by atoms with E-state index in [4.69, 9.17) is 0 Å². The van der Waals surface area contributed by atoms with E-state index in [1.54, 1.807) is 4.68 Å². The van der Waals surface area contributed by atoms with Crippen LogP contribution in [0.25, 0.3) is 0 Å². The molecule has 0 unspecified atom stereocenters. The molecule has 1 N–H and O–H groups in total. The number of tetrazole rings is 1. The van der Waals surface area contributed by atoms with Gasteiger partial charge in [0.15, 0.2) is 0 Å². The Morgan fingerprint density at radius 1 is 1.41 bits per heavy atom. The largest absolute Gasteiger partial charge is 0.337 e. The maximum absolute atomic E-state index is 4.12. The Morgan fingerprint density at radius 2 is 2.12 bits per heavy atom. The Morgan fingerprint density at radius 3 is 2.65 bits per heavy atom. The number of rotatable bonds is 4. The smallest absolute Gasteiger partial charge is 0.245 e. The van der Waals surface area contributed by atoms with E-state index < -0.39 is 0 Å². The fourth-order valence-electron chi connectivity index (χ4n) is 2.33. The zero-order chi connectivity index (χ0) is 12.3. The summed E-state index contributed by atoms with van der Waals surface area (Å²) in [6.07, 6.45) is 2.49. The second kappa shape index (κ2) is 5.44. The fraction of sp³-hybridized carbons (Fsp3) is 0.909. The molecule has 1 fully saturated rings. The monoisotopic (exact) mass is 238 g/mol. The molecule has 1 aliphatic heterocycles. The minimum Gasteiger partial charge on any atom is -0.337 e. The fourth-order valence-corrected chi connectivity index (χ4v) is 2.33. The molecule has 2 heterocycles. The maximum Gasteiger partial charge on any atom is 0.245 e. The number of nitrogens with one attached hydrogen (secondary N) is 1. The number of nitrogens with zero attached hydrogens (tertiary/aromatic N) is 5. The lowest BCUT2D eigenvalue weighted by atomic mass is 9.97.